The summed E-state index contributed by atoms with van der Waals surface area (Å²) in [4.78, 5) is 41.2. The maximum absolute atomic E-state index is 13.7. The molecule has 1 N–H and O–H groups in total. The predicted molar refractivity (Wildman–Crippen MR) is 121 cm³/mol. The zero-order chi connectivity index (χ0) is 22.1. The predicted octanol–water partition coefficient (Wildman–Crippen LogP) is 3.48. The minimum absolute atomic E-state index is 0.0250. The summed E-state index contributed by atoms with van der Waals surface area (Å²) in [5.74, 6) is 0.0238. The van der Waals surface area contributed by atoms with E-state index in [4.69, 9.17) is 4.74 Å². The number of nitrogens with one attached hydrogen (secondary N) is 1. The number of fused-ring (bicyclic) bond motifs is 2. The van der Waals surface area contributed by atoms with E-state index in [1.807, 2.05) is 36.4 Å². The van der Waals surface area contributed by atoms with E-state index in [1.54, 1.807) is 11.0 Å². The second kappa shape index (κ2) is 9.02. The molecule has 5 rings (SSSR count). The number of nitrogens with zero attached hydrogens (tertiary/aromatic N) is 1. The molecule has 1 aliphatic carbocycles. The maximum Gasteiger partial charge on any atom is 0.252 e. The van der Waals surface area contributed by atoms with Gasteiger partial charge in [-0.1, -0.05) is 62.1 Å². The first-order valence-corrected chi connectivity index (χ1v) is 11.9. The zero-order valence-electron chi connectivity index (χ0n) is 18.3. The van der Waals surface area contributed by atoms with Gasteiger partial charge in [0.1, 0.15) is 18.7 Å². The zero-order valence-corrected chi connectivity index (χ0v) is 18.3. The van der Waals surface area contributed by atoms with Crippen LogP contribution in [-0.2, 0) is 14.3 Å². The molecule has 2 amide bonds. The Morgan fingerprint density at radius 3 is 2.66 bits per heavy atom. The minimum Gasteiger partial charge on any atom is -0.368 e. The van der Waals surface area contributed by atoms with E-state index in [0.717, 1.165) is 36.5 Å². The van der Waals surface area contributed by atoms with E-state index < -0.39 is 12.1 Å². The molecule has 6 nitrogen and oxygen atoms in total. The fourth-order valence-electron chi connectivity index (χ4n) is 5.70. The van der Waals surface area contributed by atoms with Crippen LogP contribution in [0.2, 0.25) is 0 Å². The van der Waals surface area contributed by atoms with Crippen LogP contribution in [0.3, 0.4) is 0 Å². The molecule has 2 saturated heterocycles. The number of carbonyl (C=O) groups excluding carboxylic acids is 3. The highest BCUT2D eigenvalue weighted by molar-refractivity contribution is 6.08. The Morgan fingerprint density at radius 1 is 1.03 bits per heavy atom. The van der Waals surface area contributed by atoms with Gasteiger partial charge in [-0.15, -0.1) is 0 Å². The first-order valence-electron chi connectivity index (χ1n) is 11.9. The monoisotopic (exact) mass is 434 g/mol. The number of piperidine rings is 1. The number of Topliss-reactive ketones (excluding diaryl/α,β-unsaturated/α-hetero) is 1. The van der Waals surface area contributed by atoms with Crippen LogP contribution < -0.4 is 5.32 Å². The number of likely N-dealkylation sites (tertiary alicyclic amines) is 1. The van der Waals surface area contributed by atoms with Crippen molar-refractivity contribution in [2.45, 2.75) is 63.1 Å². The van der Waals surface area contributed by atoms with Gasteiger partial charge in [-0.05, 0) is 42.0 Å². The smallest absolute Gasteiger partial charge is 0.252 e. The number of hydrogen-bond donors (Lipinski definition) is 1. The molecular formula is C26H30N2O4. The quantitative estimate of drug-likeness (QED) is 0.782. The summed E-state index contributed by atoms with van der Waals surface area (Å²) in [5, 5.41) is 4.93. The van der Waals surface area contributed by atoms with Crippen LogP contribution in [0.5, 0.6) is 0 Å². The fraction of sp³-hybridized carbons (Fsp3) is 0.500. The Bertz CT molecular complexity index is 1020. The summed E-state index contributed by atoms with van der Waals surface area (Å²) in [5.41, 5.74) is 0.573. The molecule has 2 aliphatic heterocycles. The average molecular weight is 435 g/mol. The Morgan fingerprint density at radius 2 is 1.81 bits per heavy atom. The summed E-state index contributed by atoms with van der Waals surface area (Å²) < 4.78 is 5.63. The van der Waals surface area contributed by atoms with Gasteiger partial charge in [0.05, 0.1) is 6.10 Å². The molecule has 6 heteroatoms. The third-order valence-electron chi connectivity index (χ3n) is 7.31. The number of hydrogen-bond acceptors (Lipinski definition) is 4. The third kappa shape index (κ3) is 4.04. The Labute approximate surface area is 188 Å². The molecule has 0 aromatic heterocycles. The van der Waals surface area contributed by atoms with Gasteiger partial charge in [0, 0.05) is 12.1 Å². The van der Waals surface area contributed by atoms with E-state index in [9.17, 15) is 14.4 Å². The van der Waals surface area contributed by atoms with Crippen LogP contribution in [-0.4, -0.2) is 53.8 Å². The molecule has 3 aliphatic rings. The van der Waals surface area contributed by atoms with Crippen LogP contribution in [0.25, 0.3) is 10.8 Å². The van der Waals surface area contributed by atoms with Crippen LogP contribution in [0, 0.1) is 5.92 Å². The lowest BCUT2D eigenvalue weighted by atomic mass is 9.93. The van der Waals surface area contributed by atoms with Gasteiger partial charge in [0.25, 0.3) is 5.91 Å². The number of amides is 2. The largest absolute Gasteiger partial charge is 0.368 e. The standard InChI is InChI=1S/C26H30N2O4/c29-22-16-32-23-13-6-14-28(24(22)23)26(31)21(15-17-7-1-2-8-17)27-25(30)20-12-5-10-18-9-3-4-11-19(18)20/h3-5,9-12,17,21,23-24H,1-2,6-8,13-16H2,(H,27,30). The first-order chi connectivity index (χ1) is 15.6. The number of ether oxygens (including phenoxy) is 1. The van der Waals surface area contributed by atoms with Crippen molar-refractivity contribution in [2.24, 2.45) is 5.92 Å². The second-order valence-electron chi connectivity index (χ2n) is 9.37. The summed E-state index contributed by atoms with van der Waals surface area (Å²) >= 11 is 0. The molecule has 0 radical (unpaired) electrons. The topological polar surface area (TPSA) is 75.7 Å². The van der Waals surface area contributed by atoms with Gasteiger partial charge in [-0.3, -0.25) is 14.4 Å². The van der Waals surface area contributed by atoms with Crippen LogP contribution >= 0.6 is 0 Å². The summed E-state index contributed by atoms with van der Waals surface area (Å²) in [6, 6.07) is 12.3. The maximum atomic E-state index is 13.7. The van der Waals surface area contributed by atoms with Crippen molar-refractivity contribution in [2.75, 3.05) is 13.2 Å². The Kier molecular flexibility index (Phi) is 5.96. The number of benzene rings is 2. The molecule has 32 heavy (non-hydrogen) atoms. The fourth-order valence-corrected chi connectivity index (χ4v) is 5.70. The summed E-state index contributed by atoms with van der Waals surface area (Å²) in [6.45, 7) is 0.620. The van der Waals surface area contributed by atoms with Crippen LogP contribution in [0.4, 0.5) is 0 Å². The van der Waals surface area contributed by atoms with Gasteiger partial charge >= 0.3 is 0 Å². The van der Waals surface area contributed by atoms with Crippen LogP contribution in [0.1, 0.15) is 55.3 Å². The normalized spacial score (nSPS) is 24.5. The van der Waals surface area contributed by atoms with E-state index in [0.29, 0.717) is 24.4 Å². The number of ketones is 1. The molecule has 0 bridgehead atoms. The van der Waals surface area contributed by atoms with Gasteiger partial charge in [-0.2, -0.15) is 0 Å². The lowest BCUT2D eigenvalue weighted by molar-refractivity contribution is -0.142. The van der Waals surface area contributed by atoms with E-state index in [2.05, 4.69) is 5.32 Å². The van der Waals surface area contributed by atoms with Crippen molar-refractivity contribution in [1.29, 1.82) is 0 Å². The molecule has 2 heterocycles. The van der Waals surface area contributed by atoms with Crippen molar-refractivity contribution < 1.29 is 19.1 Å². The van der Waals surface area contributed by atoms with Crippen molar-refractivity contribution >= 4 is 28.4 Å². The van der Waals surface area contributed by atoms with Gasteiger partial charge in [0.2, 0.25) is 5.91 Å². The molecule has 2 aromatic carbocycles. The summed E-state index contributed by atoms with van der Waals surface area (Å²) in [7, 11) is 0. The van der Waals surface area contributed by atoms with Gasteiger partial charge in [0.15, 0.2) is 5.78 Å². The molecular weight excluding hydrogens is 404 g/mol. The van der Waals surface area contributed by atoms with E-state index >= 15 is 0 Å². The van der Waals surface area contributed by atoms with Crippen molar-refractivity contribution in [1.82, 2.24) is 10.2 Å². The molecule has 168 valence electrons. The highest BCUT2D eigenvalue weighted by Gasteiger charge is 2.46. The molecule has 0 spiro atoms. The lowest BCUT2D eigenvalue weighted by Gasteiger charge is -2.38. The van der Waals surface area contributed by atoms with Crippen molar-refractivity contribution in [3.05, 3.63) is 48.0 Å². The molecule has 3 atom stereocenters. The SMILES string of the molecule is O=C(NC(CC1CCCC1)C(=O)N1CCCC2OCC(=O)C21)c1cccc2ccccc12. The van der Waals surface area contributed by atoms with Gasteiger partial charge in [-0.25, -0.2) is 0 Å². The lowest BCUT2D eigenvalue weighted by Crippen LogP contribution is -2.58. The Balaban J connectivity index is 1.41. The van der Waals surface area contributed by atoms with E-state index in [-0.39, 0.29) is 30.3 Å². The Hall–Kier alpha value is -2.73. The molecule has 3 unspecified atom stereocenters. The first kappa shape index (κ1) is 21.1. The number of carbonyl (C=O) groups is 3. The van der Waals surface area contributed by atoms with Crippen molar-refractivity contribution in [3.8, 4) is 0 Å². The molecule has 1 saturated carbocycles. The van der Waals surface area contributed by atoms with Gasteiger partial charge < -0.3 is 15.0 Å². The molecule has 2 aromatic rings. The highest BCUT2D eigenvalue weighted by Crippen LogP contribution is 2.31. The average Bonchev–Trinajstić information content (AvgIpc) is 3.47. The molecule has 3 fully saturated rings. The van der Waals surface area contributed by atoms with E-state index in [1.165, 1.54) is 12.8 Å². The highest BCUT2D eigenvalue weighted by atomic mass is 16.5. The third-order valence-corrected chi connectivity index (χ3v) is 7.31. The summed E-state index contributed by atoms with van der Waals surface area (Å²) in [6.07, 6.45) is 6.54. The minimum atomic E-state index is -0.628. The van der Waals surface area contributed by atoms with Crippen LogP contribution in [0.15, 0.2) is 42.5 Å². The number of rotatable bonds is 5. The second-order valence-corrected chi connectivity index (χ2v) is 9.37. The van der Waals surface area contributed by atoms with Crippen molar-refractivity contribution in [3.63, 3.8) is 0 Å².